The lowest BCUT2D eigenvalue weighted by molar-refractivity contribution is -0.118. The zero-order valence-electron chi connectivity index (χ0n) is 14.8. The minimum Gasteiger partial charge on any atom is -0.483 e. The number of carbonyl (C=O) groups is 1. The minimum absolute atomic E-state index is 0.0563. The molecule has 1 aromatic heterocycles. The standard InChI is InChI=1S/C20H19ClN2O2S/c1-12-5-4-6-17(13(12)2)25-11-18(24)22-20-23-19(14(3)26-20)15-7-9-16(21)10-8-15/h4-10H,11H2,1-3H3,(H,22,23,24). The van der Waals surface area contributed by atoms with E-state index in [0.29, 0.717) is 10.2 Å². The molecule has 0 unspecified atom stereocenters. The Kier molecular flexibility index (Phi) is 5.59. The molecule has 2 aromatic carbocycles. The molecule has 3 aromatic rings. The predicted molar refractivity (Wildman–Crippen MR) is 107 cm³/mol. The van der Waals surface area contributed by atoms with E-state index >= 15 is 0 Å². The fraction of sp³-hybridized carbons (Fsp3) is 0.200. The molecule has 0 fully saturated rings. The number of nitrogens with one attached hydrogen (secondary N) is 1. The Bertz CT molecular complexity index is 935. The summed E-state index contributed by atoms with van der Waals surface area (Å²) in [5, 5.41) is 4.04. The third kappa shape index (κ3) is 4.23. The molecule has 0 aliphatic rings. The third-order valence-corrected chi connectivity index (χ3v) is 5.21. The van der Waals surface area contributed by atoms with Crippen LogP contribution in [0.1, 0.15) is 16.0 Å². The summed E-state index contributed by atoms with van der Waals surface area (Å²) in [4.78, 5) is 17.7. The zero-order valence-corrected chi connectivity index (χ0v) is 16.4. The number of halogens is 1. The van der Waals surface area contributed by atoms with Crippen LogP contribution in [0.2, 0.25) is 5.02 Å². The van der Waals surface area contributed by atoms with E-state index in [9.17, 15) is 4.79 Å². The van der Waals surface area contributed by atoms with Crippen LogP contribution in [0.4, 0.5) is 5.13 Å². The monoisotopic (exact) mass is 386 g/mol. The molecule has 134 valence electrons. The molecular formula is C20H19ClN2O2S. The van der Waals surface area contributed by atoms with E-state index in [4.69, 9.17) is 16.3 Å². The van der Waals surface area contributed by atoms with Crippen molar-refractivity contribution < 1.29 is 9.53 Å². The number of aromatic nitrogens is 1. The molecule has 26 heavy (non-hydrogen) atoms. The van der Waals surface area contributed by atoms with Crippen molar-refractivity contribution in [3.63, 3.8) is 0 Å². The highest BCUT2D eigenvalue weighted by Gasteiger charge is 2.13. The van der Waals surface area contributed by atoms with Crippen LogP contribution in [-0.2, 0) is 4.79 Å². The number of ether oxygens (including phenoxy) is 1. The normalized spacial score (nSPS) is 10.6. The number of aryl methyl sites for hydroxylation is 2. The zero-order chi connectivity index (χ0) is 18.7. The first-order valence-electron chi connectivity index (χ1n) is 8.16. The highest BCUT2D eigenvalue weighted by Crippen LogP contribution is 2.31. The maximum Gasteiger partial charge on any atom is 0.264 e. The van der Waals surface area contributed by atoms with Gasteiger partial charge >= 0.3 is 0 Å². The van der Waals surface area contributed by atoms with E-state index in [1.54, 1.807) is 0 Å². The van der Waals surface area contributed by atoms with Gasteiger partial charge < -0.3 is 4.74 Å². The van der Waals surface area contributed by atoms with E-state index in [1.165, 1.54) is 11.3 Å². The lowest BCUT2D eigenvalue weighted by Crippen LogP contribution is -2.20. The smallest absolute Gasteiger partial charge is 0.264 e. The molecule has 6 heteroatoms. The van der Waals surface area contributed by atoms with Gasteiger partial charge in [-0.25, -0.2) is 4.98 Å². The Morgan fingerprint density at radius 2 is 1.88 bits per heavy atom. The predicted octanol–water partition coefficient (Wildman–Crippen LogP) is 5.41. The molecule has 0 spiro atoms. The number of benzene rings is 2. The quantitative estimate of drug-likeness (QED) is 0.638. The van der Waals surface area contributed by atoms with Gasteiger partial charge in [0.15, 0.2) is 11.7 Å². The highest BCUT2D eigenvalue weighted by atomic mass is 35.5. The first-order valence-corrected chi connectivity index (χ1v) is 9.35. The van der Waals surface area contributed by atoms with E-state index in [-0.39, 0.29) is 12.5 Å². The molecule has 1 N–H and O–H groups in total. The Balaban J connectivity index is 1.65. The number of hydrogen-bond acceptors (Lipinski definition) is 4. The molecule has 0 radical (unpaired) electrons. The highest BCUT2D eigenvalue weighted by molar-refractivity contribution is 7.16. The first kappa shape index (κ1) is 18.4. The summed E-state index contributed by atoms with van der Waals surface area (Å²) >= 11 is 7.37. The molecule has 4 nitrogen and oxygen atoms in total. The van der Waals surface area contributed by atoms with Crippen molar-refractivity contribution in [2.24, 2.45) is 0 Å². The van der Waals surface area contributed by atoms with Crippen molar-refractivity contribution in [2.45, 2.75) is 20.8 Å². The van der Waals surface area contributed by atoms with Gasteiger partial charge in [0.1, 0.15) is 5.75 Å². The van der Waals surface area contributed by atoms with Crippen molar-refractivity contribution in [1.82, 2.24) is 4.98 Å². The second kappa shape index (κ2) is 7.89. The first-order chi connectivity index (χ1) is 12.4. The van der Waals surface area contributed by atoms with Crippen LogP contribution < -0.4 is 10.1 Å². The van der Waals surface area contributed by atoms with Crippen LogP contribution >= 0.6 is 22.9 Å². The summed E-state index contributed by atoms with van der Waals surface area (Å²) < 4.78 is 5.64. The minimum atomic E-state index is -0.234. The van der Waals surface area contributed by atoms with E-state index in [2.05, 4.69) is 10.3 Å². The number of thiazole rings is 1. The van der Waals surface area contributed by atoms with Crippen LogP contribution in [0, 0.1) is 20.8 Å². The van der Waals surface area contributed by atoms with Gasteiger partial charge in [0.2, 0.25) is 0 Å². The number of nitrogens with zero attached hydrogens (tertiary/aromatic N) is 1. The summed E-state index contributed by atoms with van der Waals surface area (Å²) in [5.41, 5.74) is 3.98. The maximum absolute atomic E-state index is 12.2. The molecule has 0 atom stereocenters. The number of rotatable bonds is 5. The van der Waals surface area contributed by atoms with Crippen LogP contribution in [0.5, 0.6) is 5.75 Å². The molecular weight excluding hydrogens is 368 g/mol. The number of amides is 1. The Morgan fingerprint density at radius 1 is 1.15 bits per heavy atom. The largest absolute Gasteiger partial charge is 0.483 e. The molecule has 0 saturated carbocycles. The average molecular weight is 387 g/mol. The van der Waals surface area contributed by atoms with Crippen molar-refractivity contribution >= 4 is 34.0 Å². The van der Waals surface area contributed by atoms with Crippen molar-refractivity contribution in [3.8, 4) is 17.0 Å². The van der Waals surface area contributed by atoms with E-state index < -0.39 is 0 Å². The Morgan fingerprint density at radius 3 is 2.62 bits per heavy atom. The molecule has 0 bridgehead atoms. The maximum atomic E-state index is 12.2. The summed E-state index contributed by atoms with van der Waals surface area (Å²) in [6.07, 6.45) is 0. The third-order valence-electron chi connectivity index (χ3n) is 4.07. The van der Waals surface area contributed by atoms with Gasteiger partial charge in [0, 0.05) is 15.5 Å². The fourth-order valence-corrected chi connectivity index (χ4v) is 3.48. The fourth-order valence-electron chi connectivity index (χ4n) is 2.50. The van der Waals surface area contributed by atoms with Gasteiger partial charge in [0.25, 0.3) is 5.91 Å². The van der Waals surface area contributed by atoms with Gasteiger partial charge in [-0.05, 0) is 50.1 Å². The van der Waals surface area contributed by atoms with Gasteiger partial charge in [-0.3, -0.25) is 10.1 Å². The second-order valence-corrected chi connectivity index (χ2v) is 7.61. The summed E-state index contributed by atoms with van der Waals surface area (Å²) in [6, 6.07) is 13.3. The number of hydrogen-bond donors (Lipinski definition) is 1. The number of carbonyl (C=O) groups excluding carboxylic acids is 1. The lowest BCUT2D eigenvalue weighted by Gasteiger charge is -2.10. The van der Waals surface area contributed by atoms with Crippen LogP contribution in [-0.4, -0.2) is 17.5 Å². The van der Waals surface area contributed by atoms with Crippen LogP contribution in [0.3, 0.4) is 0 Å². The summed E-state index contributed by atoms with van der Waals surface area (Å²) in [6.45, 7) is 5.91. The summed E-state index contributed by atoms with van der Waals surface area (Å²) in [5.74, 6) is 0.486. The van der Waals surface area contributed by atoms with Crippen LogP contribution in [0.25, 0.3) is 11.3 Å². The Hall–Kier alpha value is -2.37. The van der Waals surface area contributed by atoms with Gasteiger partial charge in [-0.15, -0.1) is 11.3 Å². The summed E-state index contributed by atoms with van der Waals surface area (Å²) in [7, 11) is 0. The van der Waals surface area contributed by atoms with E-state index in [0.717, 1.165) is 33.0 Å². The van der Waals surface area contributed by atoms with Gasteiger partial charge in [-0.1, -0.05) is 35.9 Å². The molecule has 1 heterocycles. The lowest BCUT2D eigenvalue weighted by atomic mass is 10.1. The molecule has 1 amide bonds. The van der Waals surface area contributed by atoms with Crippen molar-refractivity contribution in [3.05, 3.63) is 63.5 Å². The molecule has 0 aliphatic carbocycles. The Labute approximate surface area is 161 Å². The van der Waals surface area contributed by atoms with E-state index in [1.807, 2.05) is 63.2 Å². The molecule has 0 saturated heterocycles. The van der Waals surface area contributed by atoms with Gasteiger partial charge in [-0.2, -0.15) is 0 Å². The van der Waals surface area contributed by atoms with Crippen LogP contribution in [0.15, 0.2) is 42.5 Å². The van der Waals surface area contributed by atoms with Crippen molar-refractivity contribution in [1.29, 1.82) is 0 Å². The average Bonchev–Trinajstić information content (AvgIpc) is 2.97. The molecule has 3 rings (SSSR count). The number of anilines is 1. The van der Waals surface area contributed by atoms with Crippen molar-refractivity contribution in [2.75, 3.05) is 11.9 Å². The second-order valence-electron chi connectivity index (χ2n) is 5.97. The topological polar surface area (TPSA) is 51.2 Å². The molecule has 0 aliphatic heterocycles. The SMILES string of the molecule is Cc1cccc(OCC(=O)Nc2nc(-c3ccc(Cl)cc3)c(C)s2)c1C. The van der Waals surface area contributed by atoms with Gasteiger partial charge in [0.05, 0.1) is 5.69 Å².